The van der Waals surface area contributed by atoms with E-state index in [1.54, 1.807) is 25.1 Å². The van der Waals surface area contributed by atoms with Crippen LogP contribution >= 0.6 is 0 Å². The van der Waals surface area contributed by atoms with Crippen molar-refractivity contribution in [2.45, 2.75) is 44.6 Å². The van der Waals surface area contributed by atoms with Gasteiger partial charge < -0.3 is 5.32 Å². The number of carbonyl (C=O) groups is 1. The number of sulfonamides is 1. The molecule has 3 aromatic carbocycles. The van der Waals surface area contributed by atoms with E-state index in [1.165, 1.54) is 17.7 Å². The Bertz CT molecular complexity index is 1160. The fourth-order valence-electron chi connectivity index (χ4n) is 3.31. The van der Waals surface area contributed by atoms with E-state index in [0.29, 0.717) is 11.3 Å². The standard InChI is InChI=1S/C25H28N2O3S/c1-18-13-16-22(31(29,30)27-24-12-8-7-9-19(24)2)17-23(18)25(28)26-20(3)14-15-21-10-5-4-6-11-21/h4-13,16-17,20,27H,14-15H2,1-3H3,(H,26,28). The number of para-hydroxylation sites is 1. The number of carbonyl (C=O) groups excluding carboxylic acids is 1. The van der Waals surface area contributed by atoms with Gasteiger partial charge in [0.2, 0.25) is 0 Å². The Morgan fingerprint density at radius 1 is 0.903 bits per heavy atom. The predicted molar refractivity (Wildman–Crippen MR) is 125 cm³/mol. The zero-order valence-electron chi connectivity index (χ0n) is 18.1. The summed E-state index contributed by atoms with van der Waals surface area (Å²) >= 11 is 0. The van der Waals surface area contributed by atoms with E-state index in [9.17, 15) is 13.2 Å². The maximum atomic E-state index is 12.9. The van der Waals surface area contributed by atoms with Gasteiger partial charge in [0.25, 0.3) is 15.9 Å². The molecule has 3 rings (SSSR count). The quantitative estimate of drug-likeness (QED) is 0.530. The van der Waals surface area contributed by atoms with Crippen molar-refractivity contribution in [1.82, 2.24) is 5.32 Å². The molecule has 0 aliphatic carbocycles. The molecule has 1 atom stereocenters. The van der Waals surface area contributed by atoms with Crippen molar-refractivity contribution in [3.8, 4) is 0 Å². The van der Waals surface area contributed by atoms with E-state index in [1.807, 2.05) is 44.2 Å². The molecule has 0 heterocycles. The van der Waals surface area contributed by atoms with Crippen LogP contribution in [0.25, 0.3) is 0 Å². The van der Waals surface area contributed by atoms with Crippen molar-refractivity contribution in [3.63, 3.8) is 0 Å². The summed E-state index contributed by atoms with van der Waals surface area (Å²) < 4.78 is 28.4. The van der Waals surface area contributed by atoms with Gasteiger partial charge in [-0.25, -0.2) is 8.42 Å². The minimum absolute atomic E-state index is 0.0440. The van der Waals surface area contributed by atoms with Gasteiger partial charge in [-0.1, -0.05) is 54.6 Å². The molecule has 1 amide bonds. The van der Waals surface area contributed by atoms with E-state index >= 15 is 0 Å². The van der Waals surface area contributed by atoms with Gasteiger partial charge in [-0.3, -0.25) is 9.52 Å². The summed E-state index contributed by atoms with van der Waals surface area (Å²) in [6, 6.07) is 21.9. The fraction of sp³-hybridized carbons (Fsp3) is 0.240. The number of anilines is 1. The van der Waals surface area contributed by atoms with Gasteiger partial charge in [0.1, 0.15) is 0 Å². The summed E-state index contributed by atoms with van der Waals surface area (Å²) in [6.45, 7) is 5.59. The average Bonchev–Trinajstić information content (AvgIpc) is 2.74. The minimum Gasteiger partial charge on any atom is -0.350 e. The summed E-state index contributed by atoms with van der Waals surface area (Å²) in [6.07, 6.45) is 1.65. The highest BCUT2D eigenvalue weighted by Gasteiger charge is 2.19. The number of nitrogens with one attached hydrogen (secondary N) is 2. The number of rotatable bonds is 8. The van der Waals surface area contributed by atoms with Gasteiger partial charge in [0, 0.05) is 11.6 Å². The Morgan fingerprint density at radius 3 is 2.29 bits per heavy atom. The number of hydrogen-bond donors (Lipinski definition) is 2. The molecular formula is C25H28N2O3S. The number of aryl methyl sites for hydroxylation is 3. The highest BCUT2D eigenvalue weighted by molar-refractivity contribution is 7.92. The average molecular weight is 437 g/mol. The molecule has 31 heavy (non-hydrogen) atoms. The van der Waals surface area contributed by atoms with Crippen LogP contribution in [-0.4, -0.2) is 20.4 Å². The Hall–Kier alpha value is -3.12. The van der Waals surface area contributed by atoms with E-state index in [0.717, 1.165) is 24.0 Å². The minimum atomic E-state index is -3.81. The first-order valence-corrected chi connectivity index (χ1v) is 11.8. The first-order chi connectivity index (χ1) is 14.8. The maximum absolute atomic E-state index is 12.9. The lowest BCUT2D eigenvalue weighted by atomic mass is 10.0. The Morgan fingerprint density at radius 2 is 1.58 bits per heavy atom. The van der Waals surface area contributed by atoms with Crippen molar-refractivity contribution < 1.29 is 13.2 Å². The number of benzene rings is 3. The van der Waals surface area contributed by atoms with E-state index < -0.39 is 10.0 Å². The third-order valence-electron chi connectivity index (χ3n) is 5.24. The van der Waals surface area contributed by atoms with E-state index in [-0.39, 0.29) is 16.8 Å². The Kier molecular flexibility index (Phi) is 7.13. The second kappa shape index (κ2) is 9.79. The number of amides is 1. The van der Waals surface area contributed by atoms with Gasteiger partial charge in [0.05, 0.1) is 10.6 Å². The Balaban J connectivity index is 1.72. The molecule has 6 heteroatoms. The molecule has 2 N–H and O–H groups in total. The normalized spacial score (nSPS) is 12.2. The topological polar surface area (TPSA) is 75.3 Å². The fourth-order valence-corrected chi connectivity index (χ4v) is 4.46. The molecule has 0 aliphatic heterocycles. The van der Waals surface area contributed by atoms with Gasteiger partial charge in [-0.2, -0.15) is 0 Å². The highest BCUT2D eigenvalue weighted by atomic mass is 32.2. The second-order valence-electron chi connectivity index (χ2n) is 7.80. The molecule has 0 saturated carbocycles. The Labute approximate surface area is 184 Å². The van der Waals surface area contributed by atoms with Crippen LogP contribution in [0.5, 0.6) is 0 Å². The third kappa shape index (κ3) is 5.95. The zero-order chi connectivity index (χ0) is 22.4. The van der Waals surface area contributed by atoms with Crippen LogP contribution in [0.3, 0.4) is 0 Å². The molecule has 3 aromatic rings. The SMILES string of the molecule is Cc1ccccc1NS(=O)(=O)c1ccc(C)c(C(=O)NC(C)CCc2ccccc2)c1. The van der Waals surface area contributed by atoms with Gasteiger partial charge >= 0.3 is 0 Å². The molecule has 0 saturated heterocycles. The molecule has 0 spiro atoms. The molecule has 162 valence electrons. The maximum Gasteiger partial charge on any atom is 0.261 e. The lowest BCUT2D eigenvalue weighted by Crippen LogP contribution is -2.33. The van der Waals surface area contributed by atoms with Crippen molar-refractivity contribution in [2.75, 3.05) is 4.72 Å². The first kappa shape index (κ1) is 22.6. The van der Waals surface area contributed by atoms with Crippen molar-refractivity contribution in [1.29, 1.82) is 0 Å². The summed E-state index contributed by atoms with van der Waals surface area (Å²) in [4.78, 5) is 12.9. The lowest BCUT2D eigenvalue weighted by molar-refractivity contribution is 0.0937. The van der Waals surface area contributed by atoms with Crippen molar-refractivity contribution in [2.24, 2.45) is 0 Å². The van der Waals surface area contributed by atoms with E-state index in [4.69, 9.17) is 0 Å². The second-order valence-corrected chi connectivity index (χ2v) is 9.48. The smallest absolute Gasteiger partial charge is 0.261 e. The molecule has 0 aromatic heterocycles. The molecule has 0 bridgehead atoms. The van der Waals surface area contributed by atoms with Crippen molar-refractivity contribution in [3.05, 3.63) is 95.1 Å². The monoisotopic (exact) mass is 436 g/mol. The van der Waals surface area contributed by atoms with Crippen LogP contribution in [0.1, 0.15) is 40.4 Å². The first-order valence-electron chi connectivity index (χ1n) is 10.3. The van der Waals surface area contributed by atoms with Gasteiger partial charge in [0.15, 0.2) is 0 Å². The van der Waals surface area contributed by atoms with Crippen LogP contribution in [-0.2, 0) is 16.4 Å². The molecule has 0 radical (unpaired) electrons. The largest absolute Gasteiger partial charge is 0.350 e. The number of hydrogen-bond acceptors (Lipinski definition) is 3. The summed E-state index contributed by atoms with van der Waals surface area (Å²) in [7, 11) is -3.81. The van der Waals surface area contributed by atoms with Crippen LogP contribution < -0.4 is 10.0 Å². The molecular weight excluding hydrogens is 408 g/mol. The zero-order valence-corrected chi connectivity index (χ0v) is 18.9. The summed E-state index contributed by atoms with van der Waals surface area (Å²) in [5, 5.41) is 2.99. The highest BCUT2D eigenvalue weighted by Crippen LogP contribution is 2.21. The summed E-state index contributed by atoms with van der Waals surface area (Å²) in [5.74, 6) is -0.272. The van der Waals surface area contributed by atoms with Crippen molar-refractivity contribution >= 4 is 21.6 Å². The lowest BCUT2D eigenvalue weighted by Gasteiger charge is -2.16. The molecule has 0 fully saturated rings. The van der Waals surface area contributed by atoms with Crippen LogP contribution in [0.15, 0.2) is 77.7 Å². The summed E-state index contributed by atoms with van der Waals surface area (Å²) in [5.41, 5.74) is 3.64. The molecule has 0 aliphatic rings. The molecule has 5 nitrogen and oxygen atoms in total. The van der Waals surface area contributed by atoms with E-state index in [2.05, 4.69) is 22.2 Å². The van der Waals surface area contributed by atoms with Crippen LogP contribution in [0, 0.1) is 13.8 Å². The van der Waals surface area contributed by atoms with Crippen LogP contribution in [0.2, 0.25) is 0 Å². The molecule has 1 unspecified atom stereocenters. The van der Waals surface area contributed by atoms with Gasteiger partial charge in [-0.05, 0) is 68.5 Å². The van der Waals surface area contributed by atoms with Crippen LogP contribution in [0.4, 0.5) is 5.69 Å². The van der Waals surface area contributed by atoms with Gasteiger partial charge in [-0.15, -0.1) is 0 Å². The predicted octanol–water partition coefficient (Wildman–Crippen LogP) is 4.86. The third-order valence-corrected chi connectivity index (χ3v) is 6.60.